The minimum absolute atomic E-state index is 0.0284. The second-order valence-corrected chi connectivity index (χ2v) is 13.5. The normalized spacial score (nSPS) is 12.9. The molecule has 0 aliphatic heterocycles. The molecule has 0 spiro atoms. The van der Waals surface area contributed by atoms with Crippen molar-refractivity contribution in [3.8, 4) is 16.9 Å². The minimum Gasteiger partial charge on any atom is -0.459 e. The average molecular weight is 592 g/mol. The Hall–Kier alpha value is -3.95. The number of nitrogens with one attached hydrogen (secondary N) is 1. The number of benzene rings is 3. The molecule has 9 heteroatoms. The molecule has 1 heterocycles. The highest BCUT2D eigenvalue weighted by molar-refractivity contribution is 7.89. The Morgan fingerprint density at radius 3 is 2.02 bits per heavy atom. The fourth-order valence-electron chi connectivity index (χ4n) is 4.67. The van der Waals surface area contributed by atoms with E-state index < -0.39 is 33.6 Å². The van der Waals surface area contributed by atoms with Crippen LogP contribution in [-0.4, -0.2) is 32.0 Å². The summed E-state index contributed by atoms with van der Waals surface area (Å²) in [7, 11) is -4.00. The zero-order chi connectivity index (χ0) is 31.0. The van der Waals surface area contributed by atoms with Gasteiger partial charge in [-0.15, -0.1) is 0 Å². The fourth-order valence-corrected chi connectivity index (χ4v) is 6.00. The number of carbonyl (C=O) groups excluding carboxylic acids is 2. The second kappa shape index (κ2) is 11.7. The maximum Gasteiger partial charge on any atom is 0.379 e. The highest BCUT2D eigenvalue weighted by Crippen LogP contribution is 2.33. The van der Waals surface area contributed by atoms with Crippen LogP contribution in [0.25, 0.3) is 22.1 Å². The summed E-state index contributed by atoms with van der Waals surface area (Å²) in [6, 6.07) is 16.5. The van der Waals surface area contributed by atoms with Gasteiger partial charge in [-0.2, -0.15) is 4.72 Å². The Balaban J connectivity index is 1.53. The monoisotopic (exact) mass is 591 g/mol. The van der Waals surface area contributed by atoms with E-state index in [9.17, 15) is 18.0 Å². The lowest BCUT2D eigenvalue weighted by Gasteiger charge is -2.26. The van der Waals surface area contributed by atoms with Gasteiger partial charge in [0, 0.05) is 10.9 Å². The average Bonchev–Trinajstić information content (AvgIpc) is 3.24. The van der Waals surface area contributed by atoms with Crippen LogP contribution in [0.15, 0.2) is 70.0 Å². The summed E-state index contributed by atoms with van der Waals surface area (Å²) in [5.74, 6) is -0.913. The largest absolute Gasteiger partial charge is 0.459 e. The van der Waals surface area contributed by atoms with Crippen molar-refractivity contribution in [3.63, 3.8) is 0 Å². The lowest BCUT2D eigenvalue weighted by molar-refractivity contribution is -0.158. The first kappa shape index (κ1) is 31.0. The molecule has 0 saturated heterocycles. The third kappa shape index (κ3) is 6.74. The molecule has 42 heavy (non-hydrogen) atoms. The Labute approximate surface area is 247 Å². The van der Waals surface area contributed by atoms with Crippen molar-refractivity contribution in [1.29, 1.82) is 0 Å². The van der Waals surface area contributed by atoms with Crippen LogP contribution in [-0.2, 0) is 19.6 Å². The number of fused-ring (bicyclic) bond motifs is 1. The van der Waals surface area contributed by atoms with E-state index in [1.165, 1.54) is 12.1 Å². The Kier molecular flexibility index (Phi) is 8.66. The van der Waals surface area contributed by atoms with Crippen LogP contribution < -0.4 is 9.46 Å². The van der Waals surface area contributed by atoms with Gasteiger partial charge >= 0.3 is 11.9 Å². The van der Waals surface area contributed by atoms with Gasteiger partial charge in [0.1, 0.15) is 23.0 Å². The first-order valence-electron chi connectivity index (χ1n) is 13.7. The van der Waals surface area contributed by atoms with Gasteiger partial charge in [0.05, 0.1) is 4.90 Å². The maximum atomic E-state index is 13.1. The van der Waals surface area contributed by atoms with Gasteiger partial charge in [-0.05, 0) is 100 Å². The van der Waals surface area contributed by atoms with Crippen molar-refractivity contribution in [2.24, 2.45) is 5.92 Å². The molecule has 0 amide bonds. The molecular weight excluding hydrogens is 554 g/mol. The number of para-hydroxylation sites is 1. The molecule has 8 nitrogen and oxygen atoms in total. The van der Waals surface area contributed by atoms with Crippen molar-refractivity contribution >= 4 is 32.9 Å². The summed E-state index contributed by atoms with van der Waals surface area (Å²) in [6.45, 7) is 14.2. The number of carbonyl (C=O) groups is 2. The molecule has 4 aromatic rings. The van der Waals surface area contributed by atoms with E-state index in [-0.39, 0.29) is 16.6 Å². The van der Waals surface area contributed by atoms with Gasteiger partial charge in [0.2, 0.25) is 15.8 Å². The Morgan fingerprint density at radius 1 is 0.881 bits per heavy atom. The smallest absolute Gasteiger partial charge is 0.379 e. The zero-order valence-electron chi connectivity index (χ0n) is 25.2. The SMILES string of the molecule is Cc1cc(-c2ccc(S(=O)(=O)NC(C(=O)OC(C)(C)C)C(C)C)cc2)cc(C)c1OC(=O)c1oc2ccccc2c1C. The van der Waals surface area contributed by atoms with E-state index in [2.05, 4.69) is 4.72 Å². The summed E-state index contributed by atoms with van der Waals surface area (Å²) < 4.78 is 45.7. The fraction of sp³-hybridized carbons (Fsp3) is 0.333. The Morgan fingerprint density at radius 2 is 1.48 bits per heavy atom. The quantitative estimate of drug-likeness (QED) is 0.175. The molecule has 0 aliphatic rings. The highest BCUT2D eigenvalue weighted by atomic mass is 32.2. The number of hydrogen-bond acceptors (Lipinski definition) is 7. The van der Waals surface area contributed by atoms with Gasteiger partial charge in [0.25, 0.3) is 0 Å². The first-order valence-corrected chi connectivity index (χ1v) is 15.2. The van der Waals surface area contributed by atoms with E-state index in [0.29, 0.717) is 11.3 Å². The molecule has 1 N–H and O–H groups in total. The van der Waals surface area contributed by atoms with E-state index in [1.54, 1.807) is 52.8 Å². The van der Waals surface area contributed by atoms with Gasteiger partial charge in [-0.3, -0.25) is 4.79 Å². The van der Waals surface area contributed by atoms with E-state index in [4.69, 9.17) is 13.9 Å². The third-order valence-electron chi connectivity index (χ3n) is 6.79. The predicted octanol–water partition coefficient (Wildman–Crippen LogP) is 6.89. The van der Waals surface area contributed by atoms with E-state index in [1.807, 2.05) is 51.1 Å². The number of sulfonamides is 1. The summed E-state index contributed by atoms with van der Waals surface area (Å²) in [4.78, 5) is 25.7. The van der Waals surface area contributed by atoms with Crippen LogP contribution in [0.3, 0.4) is 0 Å². The number of aryl methyl sites for hydroxylation is 3. The topological polar surface area (TPSA) is 112 Å². The van der Waals surface area contributed by atoms with Gasteiger partial charge in [-0.1, -0.05) is 44.2 Å². The van der Waals surface area contributed by atoms with Crippen LogP contribution in [0.4, 0.5) is 0 Å². The summed E-state index contributed by atoms with van der Waals surface area (Å²) >= 11 is 0. The minimum atomic E-state index is -4.00. The van der Waals surface area contributed by atoms with Gasteiger partial charge in [-0.25, -0.2) is 13.2 Å². The molecule has 1 unspecified atom stereocenters. The number of esters is 2. The lowest BCUT2D eigenvalue weighted by atomic mass is 10.00. The van der Waals surface area contributed by atoms with Crippen LogP contribution >= 0.6 is 0 Å². The van der Waals surface area contributed by atoms with Crippen LogP contribution in [0.1, 0.15) is 61.9 Å². The van der Waals surface area contributed by atoms with Crippen molar-refractivity contribution in [2.45, 2.75) is 71.9 Å². The predicted molar refractivity (Wildman–Crippen MR) is 162 cm³/mol. The first-order chi connectivity index (χ1) is 19.6. The standard InChI is InChI=1S/C33H37NO7S/c1-19(2)28(31(35)41-33(6,7)8)34-42(37,38)25-15-13-23(14-16-25)24-17-20(3)29(21(4)18-24)40-32(36)30-22(5)26-11-9-10-12-27(26)39-30/h9-19,28,34H,1-8H3. The lowest BCUT2D eigenvalue weighted by Crippen LogP contribution is -2.47. The number of furan rings is 1. The molecule has 222 valence electrons. The van der Waals surface area contributed by atoms with Crippen molar-refractivity contribution in [1.82, 2.24) is 4.72 Å². The second-order valence-electron chi connectivity index (χ2n) is 11.8. The molecule has 0 aliphatic carbocycles. The molecule has 0 bridgehead atoms. The zero-order valence-corrected chi connectivity index (χ0v) is 26.0. The third-order valence-corrected chi connectivity index (χ3v) is 8.25. The number of rotatable bonds is 8. The summed E-state index contributed by atoms with van der Waals surface area (Å²) in [5.41, 5.74) is 3.68. The van der Waals surface area contributed by atoms with Crippen LogP contribution in [0.5, 0.6) is 5.75 Å². The highest BCUT2D eigenvalue weighted by Gasteiger charge is 2.32. The maximum absolute atomic E-state index is 13.1. The molecule has 0 fully saturated rings. The van der Waals surface area contributed by atoms with Gasteiger partial charge < -0.3 is 13.9 Å². The van der Waals surface area contributed by atoms with Crippen molar-refractivity contribution in [2.75, 3.05) is 0 Å². The van der Waals surface area contributed by atoms with Crippen LogP contribution in [0.2, 0.25) is 0 Å². The summed E-state index contributed by atoms with van der Waals surface area (Å²) in [6.07, 6.45) is 0. The van der Waals surface area contributed by atoms with E-state index >= 15 is 0 Å². The molecule has 4 rings (SSSR count). The van der Waals surface area contributed by atoms with Crippen molar-refractivity contribution < 1.29 is 31.9 Å². The number of hydrogen-bond donors (Lipinski definition) is 1. The van der Waals surface area contributed by atoms with Crippen molar-refractivity contribution in [3.05, 3.63) is 83.1 Å². The summed E-state index contributed by atoms with van der Waals surface area (Å²) in [5, 5.41) is 0.860. The molecular formula is C33H37NO7S. The number of ether oxygens (including phenoxy) is 2. The molecule has 3 aromatic carbocycles. The molecule has 1 aromatic heterocycles. The van der Waals surface area contributed by atoms with E-state index in [0.717, 1.165) is 33.2 Å². The van der Waals surface area contributed by atoms with Crippen LogP contribution in [0, 0.1) is 26.7 Å². The molecule has 1 atom stereocenters. The molecule has 0 radical (unpaired) electrons. The molecule has 0 saturated carbocycles. The Bertz CT molecular complexity index is 1720. The van der Waals surface area contributed by atoms with Gasteiger partial charge in [0.15, 0.2) is 0 Å².